The molecule has 0 saturated carbocycles. The van der Waals surface area contributed by atoms with Gasteiger partial charge in [-0.3, -0.25) is 0 Å². The number of thioether (sulfide) groups is 1. The number of anilines is 1. The standard InChI is InChI=1S/C13H18BrNS/c1-13(2)7-12(8-16-9-13)15-11-5-3-10(14)4-6-11/h3-6,12,15H,7-9H2,1-2H3. The second kappa shape index (κ2) is 5.01. The molecule has 1 aromatic rings. The summed E-state index contributed by atoms with van der Waals surface area (Å²) in [5, 5.41) is 3.62. The average molecular weight is 300 g/mol. The number of rotatable bonds is 2. The number of nitrogens with one attached hydrogen (secondary N) is 1. The van der Waals surface area contributed by atoms with Crippen molar-refractivity contribution in [2.24, 2.45) is 5.41 Å². The summed E-state index contributed by atoms with van der Waals surface area (Å²) < 4.78 is 1.14. The van der Waals surface area contributed by atoms with E-state index in [2.05, 4.69) is 71.1 Å². The van der Waals surface area contributed by atoms with Crippen LogP contribution in [-0.4, -0.2) is 17.5 Å². The van der Waals surface area contributed by atoms with Gasteiger partial charge in [-0.1, -0.05) is 29.8 Å². The molecule has 88 valence electrons. The van der Waals surface area contributed by atoms with E-state index in [9.17, 15) is 0 Å². The molecule has 1 aliphatic heterocycles. The number of hydrogen-bond acceptors (Lipinski definition) is 2. The minimum absolute atomic E-state index is 0.468. The van der Waals surface area contributed by atoms with Gasteiger partial charge < -0.3 is 5.32 Å². The van der Waals surface area contributed by atoms with E-state index in [0.29, 0.717) is 11.5 Å². The fourth-order valence-electron chi connectivity index (χ4n) is 2.14. The van der Waals surface area contributed by atoms with Crippen molar-refractivity contribution in [3.05, 3.63) is 28.7 Å². The van der Waals surface area contributed by atoms with Gasteiger partial charge in [0.15, 0.2) is 0 Å². The van der Waals surface area contributed by atoms with Crippen molar-refractivity contribution in [2.45, 2.75) is 26.3 Å². The monoisotopic (exact) mass is 299 g/mol. The summed E-state index contributed by atoms with van der Waals surface area (Å²) >= 11 is 5.52. The van der Waals surface area contributed by atoms with Gasteiger partial charge in [0.2, 0.25) is 0 Å². The molecule has 1 aromatic carbocycles. The zero-order valence-corrected chi connectivity index (χ0v) is 12.2. The summed E-state index contributed by atoms with van der Waals surface area (Å²) in [6.45, 7) is 4.71. The van der Waals surface area contributed by atoms with Crippen LogP contribution in [0.15, 0.2) is 28.7 Å². The first-order valence-electron chi connectivity index (χ1n) is 5.65. The van der Waals surface area contributed by atoms with Gasteiger partial charge in [-0.15, -0.1) is 0 Å². The van der Waals surface area contributed by atoms with E-state index < -0.39 is 0 Å². The molecule has 1 aliphatic rings. The van der Waals surface area contributed by atoms with E-state index >= 15 is 0 Å². The Hall–Kier alpha value is -0.150. The van der Waals surface area contributed by atoms with Gasteiger partial charge in [-0.2, -0.15) is 11.8 Å². The Balaban J connectivity index is 1.97. The van der Waals surface area contributed by atoms with Gasteiger partial charge in [0, 0.05) is 22.0 Å². The van der Waals surface area contributed by atoms with E-state index in [0.717, 1.165) is 4.47 Å². The van der Waals surface area contributed by atoms with Crippen LogP contribution in [0.3, 0.4) is 0 Å². The second-order valence-electron chi connectivity index (χ2n) is 5.23. The minimum Gasteiger partial charge on any atom is -0.381 e. The van der Waals surface area contributed by atoms with Crippen molar-refractivity contribution >= 4 is 33.4 Å². The van der Waals surface area contributed by atoms with Crippen molar-refractivity contribution in [3.8, 4) is 0 Å². The molecule has 1 fully saturated rings. The molecule has 0 radical (unpaired) electrons. The fourth-order valence-corrected chi connectivity index (χ4v) is 3.68. The van der Waals surface area contributed by atoms with Crippen LogP contribution in [0.4, 0.5) is 5.69 Å². The van der Waals surface area contributed by atoms with Crippen LogP contribution in [0.1, 0.15) is 20.3 Å². The lowest BCUT2D eigenvalue weighted by molar-refractivity contribution is 0.358. The SMILES string of the molecule is CC1(C)CSCC(Nc2ccc(Br)cc2)C1. The predicted octanol–water partition coefficient (Wildman–Crippen LogP) is 4.39. The highest BCUT2D eigenvalue weighted by Gasteiger charge is 2.28. The van der Waals surface area contributed by atoms with Crippen LogP contribution in [0.2, 0.25) is 0 Å². The van der Waals surface area contributed by atoms with Gasteiger partial charge in [0.1, 0.15) is 0 Å². The van der Waals surface area contributed by atoms with Gasteiger partial charge in [0.05, 0.1) is 0 Å². The first-order valence-corrected chi connectivity index (χ1v) is 7.60. The lowest BCUT2D eigenvalue weighted by Gasteiger charge is -2.35. The average Bonchev–Trinajstić information content (AvgIpc) is 2.20. The molecule has 1 saturated heterocycles. The number of benzene rings is 1. The Kier molecular flexibility index (Phi) is 3.85. The molecule has 0 aromatic heterocycles. The zero-order chi connectivity index (χ0) is 11.6. The van der Waals surface area contributed by atoms with Crippen LogP contribution in [0, 0.1) is 5.41 Å². The Morgan fingerprint density at radius 2 is 2.00 bits per heavy atom. The highest BCUT2D eigenvalue weighted by atomic mass is 79.9. The summed E-state index contributed by atoms with van der Waals surface area (Å²) in [6.07, 6.45) is 1.26. The third-order valence-corrected chi connectivity index (χ3v) is 4.98. The molecule has 16 heavy (non-hydrogen) atoms. The van der Waals surface area contributed by atoms with Crippen molar-refractivity contribution in [3.63, 3.8) is 0 Å². The molecular formula is C13H18BrNS. The molecule has 1 unspecified atom stereocenters. The Morgan fingerprint density at radius 3 is 2.62 bits per heavy atom. The Labute approximate surface area is 111 Å². The normalized spacial score (nSPS) is 24.1. The van der Waals surface area contributed by atoms with E-state index in [1.165, 1.54) is 23.6 Å². The molecule has 1 nitrogen and oxygen atoms in total. The van der Waals surface area contributed by atoms with E-state index in [1.54, 1.807) is 0 Å². The summed E-state index contributed by atoms with van der Waals surface area (Å²) in [7, 11) is 0. The van der Waals surface area contributed by atoms with E-state index in [1.807, 2.05) is 0 Å². The van der Waals surface area contributed by atoms with Crippen LogP contribution < -0.4 is 5.32 Å². The lowest BCUT2D eigenvalue weighted by atomic mass is 9.88. The van der Waals surface area contributed by atoms with Crippen LogP contribution in [0.5, 0.6) is 0 Å². The van der Waals surface area contributed by atoms with Gasteiger partial charge in [0.25, 0.3) is 0 Å². The summed E-state index contributed by atoms with van der Waals surface area (Å²) in [5.74, 6) is 2.50. The molecule has 0 amide bonds. The fraction of sp³-hybridized carbons (Fsp3) is 0.538. The first-order chi connectivity index (χ1) is 7.55. The van der Waals surface area contributed by atoms with Crippen LogP contribution in [0.25, 0.3) is 0 Å². The van der Waals surface area contributed by atoms with E-state index in [-0.39, 0.29) is 0 Å². The summed E-state index contributed by atoms with van der Waals surface area (Å²) in [6, 6.07) is 9.05. The Bertz CT molecular complexity index is 347. The largest absolute Gasteiger partial charge is 0.381 e. The van der Waals surface area contributed by atoms with Crippen molar-refractivity contribution in [1.29, 1.82) is 0 Å². The summed E-state index contributed by atoms with van der Waals surface area (Å²) in [5.41, 5.74) is 1.70. The van der Waals surface area contributed by atoms with Crippen molar-refractivity contribution in [2.75, 3.05) is 16.8 Å². The topological polar surface area (TPSA) is 12.0 Å². The molecule has 0 spiro atoms. The molecule has 0 aliphatic carbocycles. The molecule has 0 bridgehead atoms. The zero-order valence-electron chi connectivity index (χ0n) is 9.79. The third-order valence-electron chi connectivity index (χ3n) is 2.83. The molecule has 3 heteroatoms. The van der Waals surface area contributed by atoms with E-state index in [4.69, 9.17) is 0 Å². The highest BCUT2D eigenvalue weighted by molar-refractivity contribution is 9.10. The Morgan fingerprint density at radius 1 is 1.31 bits per heavy atom. The summed E-state index contributed by atoms with van der Waals surface area (Å²) in [4.78, 5) is 0. The quantitative estimate of drug-likeness (QED) is 0.869. The van der Waals surface area contributed by atoms with Gasteiger partial charge in [-0.25, -0.2) is 0 Å². The van der Waals surface area contributed by atoms with Crippen LogP contribution in [-0.2, 0) is 0 Å². The number of halogens is 1. The molecule has 2 rings (SSSR count). The third kappa shape index (κ3) is 3.42. The minimum atomic E-state index is 0.468. The van der Waals surface area contributed by atoms with Crippen LogP contribution >= 0.6 is 27.7 Å². The lowest BCUT2D eigenvalue weighted by Crippen LogP contribution is -2.35. The molecule has 1 heterocycles. The predicted molar refractivity (Wildman–Crippen MR) is 77.3 cm³/mol. The van der Waals surface area contributed by atoms with Crippen molar-refractivity contribution in [1.82, 2.24) is 0 Å². The highest BCUT2D eigenvalue weighted by Crippen LogP contribution is 2.34. The smallest absolute Gasteiger partial charge is 0.0357 e. The maximum absolute atomic E-state index is 3.62. The van der Waals surface area contributed by atoms with Gasteiger partial charge >= 0.3 is 0 Å². The van der Waals surface area contributed by atoms with Crippen molar-refractivity contribution < 1.29 is 0 Å². The molecule has 1 N–H and O–H groups in total. The first kappa shape index (κ1) is 12.3. The maximum Gasteiger partial charge on any atom is 0.0357 e. The molecule has 1 atom stereocenters. The maximum atomic E-state index is 3.62. The molecular weight excluding hydrogens is 282 g/mol. The number of hydrogen-bond donors (Lipinski definition) is 1. The second-order valence-corrected chi connectivity index (χ2v) is 7.18. The van der Waals surface area contributed by atoms with Gasteiger partial charge in [-0.05, 0) is 41.9 Å².